The SMILES string of the molecule is NCCc1cnc2n1-c1c(cccc1C(F)(F)F)C(c1c(F)cccc1F)=NC2. The number of halogens is 5. The molecule has 0 unspecified atom stereocenters. The van der Waals surface area contributed by atoms with Crippen LogP contribution in [0.25, 0.3) is 5.69 Å². The molecule has 29 heavy (non-hydrogen) atoms. The Morgan fingerprint density at radius 3 is 2.38 bits per heavy atom. The maximum Gasteiger partial charge on any atom is 0.418 e. The number of alkyl halides is 3. The van der Waals surface area contributed by atoms with Gasteiger partial charge in [0.1, 0.15) is 17.5 Å². The molecule has 0 atom stereocenters. The van der Waals surface area contributed by atoms with Gasteiger partial charge in [-0.05, 0) is 24.7 Å². The molecule has 1 aromatic heterocycles. The molecule has 0 saturated carbocycles. The molecule has 0 spiro atoms. The third-order valence-electron chi connectivity index (χ3n) is 4.71. The van der Waals surface area contributed by atoms with Crippen LogP contribution in [0.15, 0.2) is 47.6 Å². The molecule has 4 rings (SSSR count). The quantitative estimate of drug-likeness (QED) is 0.668. The van der Waals surface area contributed by atoms with Crippen LogP contribution in [0.3, 0.4) is 0 Å². The third-order valence-corrected chi connectivity index (χ3v) is 4.71. The van der Waals surface area contributed by atoms with Crippen LogP contribution >= 0.6 is 0 Å². The molecular weight excluding hydrogens is 391 g/mol. The van der Waals surface area contributed by atoms with Crippen molar-refractivity contribution < 1.29 is 22.0 Å². The van der Waals surface area contributed by atoms with Crippen LogP contribution in [0.4, 0.5) is 22.0 Å². The lowest BCUT2D eigenvalue weighted by Crippen LogP contribution is -2.19. The molecule has 2 N–H and O–H groups in total. The number of para-hydroxylation sites is 1. The van der Waals surface area contributed by atoms with Crippen molar-refractivity contribution in [2.24, 2.45) is 10.7 Å². The van der Waals surface area contributed by atoms with E-state index in [1.165, 1.54) is 29.0 Å². The van der Waals surface area contributed by atoms with Crippen LogP contribution < -0.4 is 5.73 Å². The Bertz CT molecular complexity index is 1090. The van der Waals surface area contributed by atoms with Gasteiger partial charge in [0.25, 0.3) is 0 Å². The first-order chi connectivity index (χ1) is 13.8. The second-order valence-electron chi connectivity index (χ2n) is 6.50. The molecule has 0 amide bonds. The van der Waals surface area contributed by atoms with Gasteiger partial charge < -0.3 is 5.73 Å². The zero-order valence-electron chi connectivity index (χ0n) is 15.0. The summed E-state index contributed by atoms with van der Waals surface area (Å²) in [6.45, 7) is 0.0595. The first-order valence-corrected chi connectivity index (χ1v) is 8.78. The van der Waals surface area contributed by atoms with Gasteiger partial charge in [0, 0.05) is 23.9 Å². The fourth-order valence-corrected chi connectivity index (χ4v) is 3.52. The molecule has 0 aliphatic carbocycles. The van der Waals surface area contributed by atoms with Gasteiger partial charge in [-0.25, -0.2) is 13.8 Å². The molecular formula is C20H15F5N4. The summed E-state index contributed by atoms with van der Waals surface area (Å²) >= 11 is 0. The maximum atomic E-state index is 14.5. The first-order valence-electron chi connectivity index (χ1n) is 8.78. The van der Waals surface area contributed by atoms with Gasteiger partial charge in [-0.1, -0.05) is 18.2 Å². The standard InChI is InChI=1S/C20H15F5N4/c21-14-5-2-6-15(22)17(14)18-12-3-1-4-13(20(23,24)25)19(12)29-11(7-8-26)9-27-16(29)10-28-18/h1-6,9H,7-8,10,26H2. The van der Waals surface area contributed by atoms with E-state index >= 15 is 0 Å². The minimum Gasteiger partial charge on any atom is -0.330 e. The summed E-state index contributed by atoms with van der Waals surface area (Å²) in [6, 6.07) is 6.75. The molecule has 0 saturated heterocycles. The van der Waals surface area contributed by atoms with Gasteiger partial charge in [0.05, 0.1) is 29.1 Å². The lowest BCUT2D eigenvalue weighted by molar-refractivity contribution is -0.137. The lowest BCUT2D eigenvalue weighted by Gasteiger charge is -2.20. The Morgan fingerprint density at radius 2 is 1.72 bits per heavy atom. The normalized spacial score (nSPS) is 13.5. The van der Waals surface area contributed by atoms with Crippen LogP contribution in [0.5, 0.6) is 0 Å². The maximum absolute atomic E-state index is 14.5. The highest BCUT2D eigenvalue weighted by Gasteiger charge is 2.38. The molecule has 3 aromatic rings. The number of rotatable bonds is 3. The number of fused-ring (bicyclic) bond motifs is 3. The van der Waals surface area contributed by atoms with E-state index < -0.39 is 28.9 Å². The Balaban J connectivity index is 2.08. The Kier molecular flexibility index (Phi) is 4.70. The number of aromatic nitrogens is 2. The van der Waals surface area contributed by atoms with Crippen molar-refractivity contribution in [1.82, 2.24) is 9.55 Å². The summed E-state index contributed by atoms with van der Waals surface area (Å²) in [5.41, 5.74) is 4.18. The largest absolute Gasteiger partial charge is 0.418 e. The van der Waals surface area contributed by atoms with Crippen molar-refractivity contribution in [3.63, 3.8) is 0 Å². The number of nitrogens with zero attached hydrogens (tertiary/aromatic N) is 3. The van der Waals surface area contributed by atoms with Gasteiger partial charge in [0.15, 0.2) is 0 Å². The molecule has 1 aliphatic rings. The van der Waals surface area contributed by atoms with E-state index in [0.29, 0.717) is 5.69 Å². The highest BCUT2D eigenvalue weighted by atomic mass is 19.4. The molecule has 1 aliphatic heterocycles. The zero-order valence-corrected chi connectivity index (χ0v) is 15.0. The fourth-order valence-electron chi connectivity index (χ4n) is 3.52. The van der Waals surface area contributed by atoms with Crippen molar-refractivity contribution in [2.45, 2.75) is 19.1 Å². The van der Waals surface area contributed by atoms with E-state index in [2.05, 4.69) is 9.98 Å². The highest BCUT2D eigenvalue weighted by molar-refractivity contribution is 6.15. The van der Waals surface area contributed by atoms with Crippen LogP contribution in [0.2, 0.25) is 0 Å². The van der Waals surface area contributed by atoms with Gasteiger partial charge >= 0.3 is 6.18 Å². The molecule has 2 aromatic carbocycles. The summed E-state index contributed by atoms with van der Waals surface area (Å²) in [5, 5.41) is 0. The number of benzene rings is 2. The van der Waals surface area contributed by atoms with Gasteiger partial charge in [-0.2, -0.15) is 13.2 Å². The molecule has 0 bridgehead atoms. The Hall–Kier alpha value is -3.07. The number of imidazole rings is 1. The minimum absolute atomic E-state index is 0.0288. The highest BCUT2D eigenvalue weighted by Crippen LogP contribution is 2.39. The van der Waals surface area contributed by atoms with Crippen LogP contribution in [-0.2, 0) is 19.1 Å². The van der Waals surface area contributed by atoms with E-state index in [0.717, 1.165) is 18.2 Å². The van der Waals surface area contributed by atoms with E-state index in [9.17, 15) is 22.0 Å². The van der Waals surface area contributed by atoms with Crippen LogP contribution in [0.1, 0.15) is 28.2 Å². The predicted molar refractivity (Wildman–Crippen MR) is 97.0 cm³/mol. The molecule has 9 heteroatoms. The second kappa shape index (κ2) is 7.07. The van der Waals surface area contributed by atoms with Crippen molar-refractivity contribution in [3.8, 4) is 5.69 Å². The average Bonchev–Trinajstić information content (AvgIpc) is 2.97. The zero-order chi connectivity index (χ0) is 20.8. The predicted octanol–water partition coefficient (Wildman–Crippen LogP) is 4.02. The monoisotopic (exact) mass is 406 g/mol. The molecule has 2 heterocycles. The van der Waals surface area contributed by atoms with Crippen molar-refractivity contribution in [1.29, 1.82) is 0 Å². The number of aliphatic imine (C=N–C) groups is 1. The van der Waals surface area contributed by atoms with Gasteiger partial charge in [-0.15, -0.1) is 0 Å². The Labute approximate surface area is 162 Å². The number of hydrogen-bond acceptors (Lipinski definition) is 3. The fraction of sp³-hybridized carbons (Fsp3) is 0.200. The molecule has 4 nitrogen and oxygen atoms in total. The van der Waals surface area contributed by atoms with E-state index in [1.54, 1.807) is 0 Å². The van der Waals surface area contributed by atoms with Crippen molar-refractivity contribution in [2.75, 3.05) is 6.54 Å². The first kappa shape index (κ1) is 19.3. The Morgan fingerprint density at radius 1 is 1.03 bits per heavy atom. The smallest absolute Gasteiger partial charge is 0.330 e. The molecule has 0 fully saturated rings. The van der Waals surface area contributed by atoms with Crippen LogP contribution in [-0.4, -0.2) is 21.8 Å². The summed E-state index contributed by atoms with van der Waals surface area (Å²) in [7, 11) is 0. The summed E-state index contributed by atoms with van der Waals surface area (Å²) in [5.74, 6) is -1.58. The van der Waals surface area contributed by atoms with Crippen LogP contribution in [0, 0.1) is 11.6 Å². The summed E-state index contributed by atoms with van der Waals surface area (Å²) in [4.78, 5) is 8.42. The summed E-state index contributed by atoms with van der Waals surface area (Å²) < 4.78 is 71.9. The van der Waals surface area contributed by atoms with E-state index in [4.69, 9.17) is 5.73 Å². The van der Waals surface area contributed by atoms with E-state index in [-0.39, 0.29) is 42.3 Å². The van der Waals surface area contributed by atoms with Gasteiger partial charge in [-0.3, -0.25) is 9.56 Å². The third kappa shape index (κ3) is 3.21. The molecule has 150 valence electrons. The van der Waals surface area contributed by atoms with E-state index in [1.807, 2.05) is 0 Å². The topological polar surface area (TPSA) is 56.2 Å². The molecule has 0 radical (unpaired) electrons. The minimum atomic E-state index is -4.70. The van der Waals surface area contributed by atoms with Crippen molar-refractivity contribution in [3.05, 3.63) is 82.4 Å². The average molecular weight is 406 g/mol. The lowest BCUT2D eigenvalue weighted by atomic mass is 9.96. The van der Waals surface area contributed by atoms with Crippen molar-refractivity contribution >= 4 is 5.71 Å². The number of hydrogen-bond donors (Lipinski definition) is 1. The van der Waals surface area contributed by atoms with Gasteiger partial charge in [0.2, 0.25) is 0 Å². The summed E-state index contributed by atoms with van der Waals surface area (Å²) in [6.07, 6.45) is -2.97. The number of nitrogens with two attached hydrogens (primary N) is 1. The second-order valence-corrected chi connectivity index (χ2v) is 6.50.